The molecule has 2 rings (SSSR count). The Bertz CT molecular complexity index is 838. The molecule has 0 aromatic heterocycles. The van der Waals surface area contributed by atoms with E-state index in [9.17, 15) is 26.7 Å². The Morgan fingerprint density at radius 3 is 2.71 bits per heavy atom. The minimum Gasteiger partial charge on any atom is -0.394 e. The van der Waals surface area contributed by atoms with E-state index in [1.54, 1.807) is 6.92 Å². The van der Waals surface area contributed by atoms with Gasteiger partial charge < -0.3 is 19.9 Å². The molecule has 1 aromatic carbocycles. The summed E-state index contributed by atoms with van der Waals surface area (Å²) in [7, 11) is -2.45. The number of hydrogen-bond donors (Lipinski definition) is 3. The smallest absolute Gasteiger partial charge is 0.394 e. The lowest BCUT2D eigenvalue weighted by atomic mass is 9.96. The summed E-state index contributed by atoms with van der Waals surface area (Å²) >= 11 is 0. The number of halogens is 3. The summed E-state index contributed by atoms with van der Waals surface area (Å²) in [6.45, 7) is 4.50. The average Bonchev–Trinajstić information content (AvgIpc) is 2.72. The standard InChI is InChI=1S/C19H30F3N3O5S/c1-4-29-8-7-24-31(27,28)17-9-15(19(20,21)22)5-6-16(17)23-11-18(12-26)13-30-10-14(2)25(18)3/h5-6,9,14,23-24,26H,4,7-8,10-13H2,1-3H3/t14-,18+/m1/s1. The number of rotatable bonds is 10. The number of ether oxygens (including phenoxy) is 2. The summed E-state index contributed by atoms with van der Waals surface area (Å²) in [6.07, 6.45) is -4.70. The molecule has 1 aromatic rings. The van der Waals surface area contributed by atoms with Crippen LogP contribution in [0, 0.1) is 0 Å². The summed E-state index contributed by atoms with van der Waals surface area (Å²) < 4.78 is 78.0. The molecule has 1 saturated heterocycles. The zero-order chi connectivity index (χ0) is 23.3. The Balaban J connectivity index is 2.33. The summed E-state index contributed by atoms with van der Waals surface area (Å²) in [5.41, 5.74) is -1.94. The molecule has 1 aliphatic heterocycles. The maximum atomic E-state index is 13.2. The number of likely N-dealkylation sites (N-methyl/N-ethyl adjacent to an activating group) is 1. The molecule has 8 nitrogen and oxygen atoms in total. The summed E-state index contributed by atoms with van der Waals surface area (Å²) in [5, 5.41) is 12.9. The van der Waals surface area contributed by atoms with Crippen molar-refractivity contribution in [2.45, 2.75) is 36.5 Å². The number of alkyl halides is 3. The molecule has 0 amide bonds. The molecule has 2 atom stereocenters. The third-order valence-electron chi connectivity index (χ3n) is 5.38. The number of sulfonamides is 1. The molecule has 3 N–H and O–H groups in total. The lowest BCUT2D eigenvalue weighted by Gasteiger charge is -2.47. The number of aliphatic hydroxyl groups excluding tert-OH is 1. The van der Waals surface area contributed by atoms with E-state index < -0.39 is 32.2 Å². The first-order valence-electron chi connectivity index (χ1n) is 9.91. The van der Waals surface area contributed by atoms with Crippen LogP contribution in [0.2, 0.25) is 0 Å². The van der Waals surface area contributed by atoms with E-state index in [-0.39, 0.29) is 44.6 Å². The van der Waals surface area contributed by atoms with Crippen molar-refractivity contribution in [2.75, 3.05) is 58.5 Å². The number of morpholine rings is 1. The molecule has 0 spiro atoms. The normalized spacial score (nSPS) is 23.1. The molecule has 0 radical (unpaired) electrons. The highest BCUT2D eigenvalue weighted by Gasteiger charge is 2.41. The molecule has 12 heteroatoms. The van der Waals surface area contributed by atoms with Crippen molar-refractivity contribution in [3.8, 4) is 0 Å². The van der Waals surface area contributed by atoms with Crippen LogP contribution in [-0.2, 0) is 25.7 Å². The average molecular weight is 470 g/mol. The zero-order valence-electron chi connectivity index (χ0n) is 17.8. The quantitative estimate of drug-likeness (QED) is 0.447. The van der Waals surface area contributed by atoms with Crippen LogP contribution in [-0.4, -0.2) is 83.2 Å². The second-order valence-electron chi connectivity index (χ2n) is 7.51. The lowest BCUT2D eigenvalue weighted by molar-refractivity contribution is -0.137. The van der Waals surface area contributed by atoms with Gasteiger partial charge in [0, 0.05) is 25.7 Å². The Morgan fingerprint density at radius 1 is 1.39 bits per heavy atom. The molecular formula is C19H30F3N3O5S. The molecule has 0 bridgehead atoms. The van der Waals surface area contributed by atoms with E-state index in [1.165, 1.54) is 0 Å². The van der Waals surface area contributed by atoms with E-state index in [0.717, 1.165) is 12.1 Å². The lowest BCUT2D eigenvalue weighted by Crippen LogP contribution is -2.64. The van der Waals surface area contributed by atoms with Crippen molar-refractivity contribution >= 4 is 15.7 Å². The van der Waals surface area contributed by atoms with E-state index in [4.69, 9.17) is 9.47 Å². The summed E-state index contributed by atoms with van der Waals surface area (Å²) in [5.74, 6) is 0. The number of anilines is 1. The molecule has 1 heterocycles. The first kappa shape index (κ1) is 25.8. The van der Waals surface area contributed by atoms with Crippen LogP contribution in [0.15, 0.2) is 23.1 Å². The monoisotopic (exact) mass is 469 g/mol. The summed E-state index contributed by atoms with van der Waals surface area (Å²) in [4.78, 5) is 1.39. The first-order valence-corrected chi connectivity index (χ1v) is 11.4. The molecule has 178 valence electrons. The van der Waals surface area contributed by atoms with E-state index in [1.807, 2.05) is 18.9 Å². The Morgan fingerprint density at radius 2 is 2.10 bits per heavy atom. The van der Waals surface area contributed by atoms with Gasteiger partial charge in [0.15, 0.2) is 0 Å². The zero-order valence-corrected chi connectivity index (χ0v) is 18.6. The molecule has 0 aliphatic carbocycles. The molecule has 1 aliphatic rings. The number of hydrogen-bond acceptors (Lipinski definition) is 7. The molecule has 0 saturated carbocycles. The first-order chi connectivity index (χ1) is 14.5. The van der Waals surface area contributed by atoms with Crippen LogP contribution in [0.4, 0.5) is 18.9 Å². The highest BCUT2D eigenvalue weighted by Crippen LogP contribution is 2.34. The van der Waals surface area contributed by atoms with Gasteiger partial charge in [-0.15, -0.1) is 0 Å². The summed E-state index contributed by atoms with van der Waals surface area (Å²) in [6, 6.07) is 2.49. The minimum atomic E-state index is -4.70. The third kappa shape index (κ3) is 6.30. The Labute approximate surface area is 180 Å². The van der Waals surface area contributed by atoms with E-state index >= 15 is 0 Å². The molecule has 31 heavy (non-hydrogen) atoms. The van der Waals surface area contributed by atoms with Gasteiger partial charge in [0.05, 0.1) is 43.2 Å². The van der Waals surface area contributed by atoms with Gasteiger partial charge in [-0.2, -0.15) is 13.2 Å². The number of aliphatic hydroxyl groups is 1. The Kier molecular flexibility index (Phi) is 8.70. The van der Waals surface area contributed by atoms with Crippen LogP contribution in [0.5, 0.6) is 0 Å². The predicted molar refractivity (Wildman–Crippen MR) is 109 cm³/mol. The maximum Gasteiger partial charge on any atom is 0.416 e. The van der Waals surface area contributed by atoms with Crippen molar-refractivity contribution in [3.05, 3.63) is 23.8 Å². The van der Waals surface area contributed by atoms with Crippen LogP contribution in [0.1, 0.15) is 19.4 Å². The van der Waals surface area contributed by atoms with Crippen LogP contribution in [0.3, 0.4) is 0 Å². The van der Waals surface area contributed by atoms with Gasteiger partial charge in [-0.25, -0.2) is 13.1 Å². The molecular weight excluding hydrogens is 439 g/mol. The van der Waals surface area contributed by atoms with Gasteiger partial charge in [0.2, 0.25) is 10.0 Å². The Hall–Kier alpha value is -1.44. The van der Waals surface area contributed by atoms with Crippen LogP contribution < -0.4 is 10.0 Å². The minimum absolute atomic E-state index is 0.00117. The van der Waals surface area contributed by atoms with Gasteiger partial charge in [0.1, 0.15) is 4.90 Å². The van der Waals surface area contributed by atoms with Gasteiger partial charge in [-0.05, 0) is 39.1 Å². The number of nitrogens with zero attached hydrogens (tertiary/aromatic N) is 1. The maximum absolute atomic E-state index is 13.2. The molecule has 1 fully saturated rings. The fourth-order valence-corrected chi connectivity index (χ4v) is 4.51. The van der Waals surface area contributed by atoms with E-state index in [2.05, 4.69) is 10.0 Å². The third-order valence-corrected chi connectivity index (χ3v) is 6.88. The number of nitrogens with one attached hydrogen (secondary N) is 2. The SMILES string of the molecule is CCOCCNS(=O)(=O)c1cc(C(F)(F)F)ccc1NC[C@]1(CO)COC[C@@H](C)N1C. The van der Waals surface area contributed by atoms with Crippen molar-refractivity contribution in [3.63, 3.8) is 0 Å². The van der Waals surface area contributed by atoms with Crippen LogP contribution >= 0.6 is 0 Å². The van der Waals surface area contributed by atoms with Crippen LogP contribution in [0.25, 0.3) is 0 Å². The highest BCUT2D eigenvalue weighted by molar-refractivity contribution is 7.89. The second kappa shape index (κ2) is 10.5. The highest BCUT2D eigenvalue weighted by atomic mass is 32.2. The van der Waals surface area contributed by atoms with Crippen molar-refractivity contribution in [1.29, 1.82) is 0 Å². The van der Waals surface area contributed by atoms with Crippen molar-refractivity contribution in [2.24, 2.45) is 0 Å². The van der Waals surface area contributed by atoms with Crippen molar-refractivity contribution < 1.29 is 36.2 Å². The van der Waals surface area contributed by atoms with Gasteiger partial charge >= 0.3 is 6.18 Å². The number of benzene rings is 1. The van der Waals surface area contributed by atoms with Gasteiger partial charge in [-0.1, -0.05) is 0 Å². The predicted octanol–water partition coefficient (Wildman–Crippen LogP) is 1.51. The fraction of sp³-hybridized carbons (Fsp3) is 0.684. The largest absolute Gasteiger partial charge is 0.416 e. The molecule has 0 unspecified atom stereocenters. The van der Waals surface area contributed by atoms with Crippen molar-refractivity contribution in [1.82, 2.24) is 9.62 Å². The fourth-order valence-electron chi connectivity index (χ4n) is 3.29. The second-order valence-corrected chi connectivity index (χ2v) is 9.25. The van der Waals surface area contributed by atoms with Gasteiger partial charge in [-0.3, -0.25) is 4.90 Å². The van der Waals surface area contributed by atoms with E-state index in [0.29, 0.717) is 19.3 Å². The van der Waals surface area contributed by atoms with Gasteiger partial charge in [0.25, 0.3) is 0 Å². The topological polar surface area (TPSA) is 100 Å².